The fourth-order valence-electron chi connectivity index (χ4n) is 1.37. The molecular formula is C11H11N4O. The highest BCUT2D eigenvalue weighted by atomic mass is 16.5. The molecule has 0 amide bonds. The smallest absolute Gasteiger partial charge is 0.233 e. The number of aromatic nitrogens is 4. The summed E-state index contributed by atoms with van der Waals surface area (Å²) in [4.78, 5) is 8.63. The van der Waals surface area contributed by atoms with Crippen LogP contribution in [-0.4, -0.2) is 27.3 Å². The van der Waals surface area contributed by atoms with E-state index in [0.717, 1.165) is 11.4 Å². The zero-order chi connectivity index (χ0) is 11.5. The average molecular weight is 215 g/mol. The van der Waals surface area contributed by atoms with Crippen LogP contribution in [0, 0.1) is 20.0 Å². The molecule has 0 saturated heterocycles. The van der Waals surface area contributed by atoms with E-state index in [9.17, 15) is 0 Å². The van der Waals surface area contributed by atoms with Crippen molar-refractivity contribution in [2.75, 3.05) is 7.11 Å². The molecule has 5 nitrogen and oxygen atoms in total. The number of rotatable bonds is 2. The van der Waals surface area contributed by atoms with Crippen molar-refractivity contribution in [1.82, 2.24) is 20.2 Å². The Morgan fingerprint density at radius 3 is 2.44 bits per heavy atom. The first-order valence-corrected chi connectivity index (χ1v) is 4.81. The summed E-state index contributed by atoms with van der Waals surface area (Å²) in [5.41, 5.74) is 2.50. The summed E-state index contributed by atoms with van der Waals surface area (Å²) in [6.07, 6.45) is 2.75. The van der Waals surface area contributed by atoms with Crippen molar-refractivity contribution in [3.63, 3.8) is 0 Å². The van der Waals surface area contributed by atoms with E-state index >= 15 is 0 Å². The van der Waals surface area contributed by atoms with Gasteiger partial charge in [0, 0.05) is 17.5 Å². The fourth-order valence-corrected chi connectivity index (χ4v) is 1.37. The average Bonchev–Trinajstić information content (AvgIpc) is 2.28. The maximum absolute atomic E-state index is 4.99. The molecule has 0 saturated carbocycles. The van der Waals surface area contributed by atoms with Crippen LogP contribution in [0.4, 0.5) is 0 Å². The number of aryl methyl sites for hydroxylation is 2. The van der Waals surface area contributed by atoms with E-state index in [4.69, 9.17) is 4.74 Å². The van der Waals surface area contributed by atoms with Crippen LogP contribution >= 0.6 is 0 Å². The number of methoxy groups -OCH3 is 1. The first kappa shape index (κ1) is 10.5. The second kappa shape index (κ2) is 4.22. The minimum absolute atomic E-state index is 0.427. The SMILES string of the molecule is COc1cc(-c2nc(C)cc(C)n2)[c]nn1. The lowest BCUT2D eigenvalue weighted by atomic mass is 10.2. The summed E-state index contributed by atoms with van der Waals surface area (Å²) in [7, 11) is 1.54. The summed E-state index contributed by atoms with van der Waals surface area (Å²) in [5.74, 6) is 1.02. The molecule has 2 aromatic heterocycles. The first-order valence-electron chi connectivity index (χ1n) is 4.81. The van der Waals surface area contributed by atoms with Gasteiger partial charge in [-0.2, -0.15) is 0 Å². The predicted molar refractivity (Wildman–Crippen MR) is 57.9 cm³/mol. The maximum atomic E-state index is 4.99. The zero-order valence-corrected chi connectivity index (χ0v) is 9.35. The molecule has 2 rings (SSSR count). The minimum Gasteiger partial charge on any atom is -0.480 e. The molecule has 0 spiro atoms. The Morgan fingerprint density at radius 1 is 1.12 bits per heavy atom. The van der Waals surface area contributed by atoms with E-state index in [-0.39, 0.29) is 0 Å². The molecule has 81 valence electrons. The van der Waals surface area contributed by atoms with Crippen LogP contribution in [-0.2, 0) is 0 Å². The third-order valence-electron chi connectivity index (χ3n) is 2.02. The van der Waals surface area contributed by atoms with Gasteiger partial charge in [-0.15, -0.1) is 10.2 Å². The van der Waals surface area contributed by atoms with E-state index in [0.29, 0.717) is 17.3 Å². The van der Waals surface area contributed by atoms with Crippen molar-refractivity contribution in [2.24, 2.45) is 0 Å². The van der Waals surface area contributed by atoms with Gasteiger partial charge in [0.2, 0.25) is 5.88 Å². The fraction of sp³-hybridized carbons (Fsp3) is 0.273. The summed E-state index contributed by atoms with van der Waals surface area (Å²) in [6, 6.07) is 3.62. The van der Waals surface area contributed by atoms with Gasteiger partial charge >= 0.3 is 0 Å². The van der Waals surface area contributed by atoms with Crippen LogP contribution < -0.4 is 4.74 Å². The molecule has 1 radical (unpaired) electrons. The van der Waals surface area contributed by atoms with Gasteiger partial charge in [-0.25, -0.2) is 9.97 Å². The van der Waals surface area contributed by atoms with Gasteiger partial charge in [-0.1, -0.05) is 0 Å². The molecule has 0 fully saturated rings. The van der Waals surface area contributed by atoms with Gasteiger partial charge in [0.1, 0.15) is 6.20 Å². The van der Waals surface area contributed by atoms with E-state index in [1.54, 1.807) is 6.07 Å². The summed E-state index contributed by atoms with van der Waals surface area (Å²) < 4.78 is 4.99. The zero-order valence-electron chi connectivity index (χ0n) is 9.35. The lowest BCUT2D eigenvalue weighted by Gasteiger charge is -2.03. The second-order valence-electron chi connectivity index (χ2n) is 3.39. The molecule has 0 N–H and O–H groups in total. The van der Waals surface area contributed by atoms with Crippen molar-refractivity contribution in [1.29, 1.82) is 0 Å². The van der Waals surface area contributed by atoms with Gasteiger partial charge in [0.15, 0.2) is 5.82 Å². The minimum atomic E-state index is 0.427. The lowest BCUT2D eigenvalue weighted by molar-refractivity contribution is 0.392. The summed E-state index contributed by atoms with van der Waals surface area (Å²) in [5, 5.41) is 7.46. The molecule has 2 aromatic rings. The van der Waals surface area contributed by atoms with Crippen molar-refractivity contribution < 1.29 is 4.74 Å². The van der Waals surface area contributed by atoms with Crippen LogP contribution in [0.25, 0.3) is 11.4 Å². The van der Waals surface area contributed by atoms with Crippen LogP contribution in [0.3, 0.4) is 0 Å². The Morgan fingerprint density at radius 2 is 1.81 bits per heavy atom. The monoisotopic (exact) mass is 215 g/mol. The number of hydrogen-bond donors (Lipinski definition) is 0. The van der Waals surface area contributed by atoms with Crippen molar-refractivity contribution in [3.8, 4) is 17.3 Å². The van der Waals surface area contributed by atoms with Crippen LogP contribution in [0.5, 0.6) is 5.88 Å². The highest BCUT2D eigenvalue weighted by Gasteiger charge is 2.06. The Bertz CT molecular complexity index is 493. The van der Waals surface area contributed by atoms with Crippen LogP contribution in [0.2, 0.25) is 0 Å². The molecule has 0 aliphatic heterocycles. The highest BCUT2D eigenvalue weighted by molar-refractivity contribution is 5.54. The van der Waals surface area contributed by atoms with Gasteiger partial charge < -0.3 is 4.74 Å². The molecule has 0 atom stereocenters. The van der Waals surface area contributed by atoms with Crippen molar-refractivity contribution in [3.05, 3.63) is 29.7 Å². The third-order valence-corrected chi connectivity index (χ3v) is 2.02. The molecule has 0 aliphatic carbocycles. The molecule has 0 unspecified atom stereocenters. The highest BCUT2D eigenvalue weighted by Crippen LogP contribution is 2.17. The van der Waals surface area contributed by atoms with E-state index in [2.05, 4.69) is 26.4 Å². The Hall–Kier alpha value is -2.04. The Kier molecular flexibility index (Phi) is 2.76. The van der Waals surface area contributed by atoms with Crippen LogP contribution in [0.1, 0.15) is 11.4 Å². The lowest BCUT2D eigenvalue weighted by Crippen LogP contribution is -1.97. The standard InChI is InChI=1S/C11H11N4O/c1-7-4-8(2)14-11(13-7)9-5-10(16-3)15-12-6-9/h4-5H,1-3H3. The number of ether oxygens (including phenoxy) is 1. The Balaban J connectivity index is 2.49. The second-order valence-corrected chi connectivity index (χ2v) is 3.39. The third kappa shape index (κ3) is 2.13. The summed E-state index contributed by atoms with van der Waals surface area (Å²) >= 11 is 0. The molecule has 5 heteroatoms. The molecule has 16 heavy (non-hydrogen) atoms. The maximum Gasteiger partial charge on any atom is 0.233 e. The van der Waals surface area contributed by atoms with Crippen molar-refractivity contribution in [2.45, 2.75) is 13.8 Å². The van der Waals surface area contributed by atoms with Gasteiger partial charge in [0.25, 0.3) is 0 Å². The Labute approximate surface area is 93.5 Å². The molecule has 0 aromatic carbocycles. The predicted octanol–water partition coefficient (Wildman–Crippen LogP) is 1.36. The first-order chi connectivity index (χ1) is 7.69. The van der Waals surface area contributed by atoms with Crippen LogP contribution in [0.15, 0.2) is 12.1 Å². The van der Waals surface area contributed by atoms with E-state index in [1.165, 1.54) is 7.11 Å². The molecular weight excluding hydrogens is 204 g/mol. The van der Waals surface area contributed by atoms with Crippen molar-refractivity contribution >= 4 is 0 Å². The number of hydrogen-bond acceptors (Lipinski definition) is 5. The quantitative estimate of drug-likeness (QED) is 0.757. The topological polar surface area (TPSA) is 60.8 Å². The number of nitrogens with zero attached hydrogens (tertiary/aromatic N) is 4. The van der Waals surface area contributed by atoms with Gasteiger partial charge in [-0.05, 0) is 19.9 Å². The van der Waals surface area contributed by atoms with Gasteiger partial charge in [-0.3, -0.25) is 0 Å². The molecule has 0 aliphatic rings. The normalized spacial score (nSPS) is 10.2. The van der Waals surface area contributed by atoms with E-state index < -0.39 is 0 Å². The largest absolute Gasteiger partial charge is 0.480 e. The van der Waals surface area contributed by atoms with Gasteiger partial charge in [0.05, 0.1) is 12.7 Å². The van der Waals surface area contributed by atoms with E-state index in [1.807, 2.05) is 19.9 Å². The molecule has 0 bridgehead atoms. The summed E-state index contributed by atoms with van der Waals surface area (Å²) in [6.45, 7) is 3.84. The molecule has 2 heterocycles.